The summed E-state index contributed by atoms with van der Waals surface area (Å²) in [6.45, 7) is 4.72. The maximum absolute atomic E-state index is 2.36. The monoisotopic (exact) mass is 386 g/mol. The van der Waals surface area contributed by atoms with Gasteiger partial charge >= 0.3 is 0 Å². The number of fused-ring (bicyclic) bond motifs is 3. The van der Waals surface area contributed by atoms with Crippen LogP contribution in [0.2, 0.25) is 0 Å². The second-order valence-corrected chi connectivity index (χ2v) is 11.9. The van der Waals surface area contributed by atoms with Crippen molar-refractivity contribution in [1.82, 2.24) is 0 Å². The lowest BCUT2D eigenvalue weighted by molar-refractivity contribution is -0.0960. The van der Waals surface area contributed by atoms with E-state index >= 15 is 0 Å². The van der Waals surface area contributed by atoms with Crippen molar-refractivity contribution < 1.29 is 0 Å². The topological polar surface area (TPSA) is 0 Å². The Morgan fingerprint density at radius 1 is 0.500 bits per heavy atom. The Balaban J connectivity index is 1.26. The van der Waals surface area contributed by atoms with Gasteiger partial charge in [-0.3, -0.25) is 0 Å². The molecule has 0 saturated heterocycles. The van der Waals surface area contributed by atoms with Gasteiger partial charge in [-0.1, -0.05) is 78.1 Å². The van der Waals surface area contributed by atoms with Gasteiger partial charge in [0.1, 0.15) is 0 Å². The first-order valence-electron chi connectivity index (χ1n) is 13.7. The van der Waals surface area contributed by atoms with Crippen LogP contribution in [0.4, 0.5) is 0 Å². The van der Waals surface area contributed by atoms with Gasteiger partial charge in [-0.25, -0.2) is 0 Å². The molecular weight excluding hydrogens is 336 g/mol. The molecule has 0 aromatic carbocycles. The van der Waals surface area contributed by atoms with Crippen LogP contribution >= 0.6 is 0 Å². The third-order valence-corrected chi connectivity index (χ3v) is 10.7. The maximum atomic E-state index is 2.36. The molecule has 5 saturated carbocycles. The van der Waals surface area contributed by atoms with E-state index in [2.05, 4.69) is 13.8 Å². The largest absolute Gasteiger partial charge is 0.0654 e. The van der Waals surface area contributed by atoms with E-state index in [1.165, 1.54) is 38.5 Å². The van der Waals surface area contributed by atoms with Crippen LogP contribution in [0.3, 0.4) is 0 Å². The summed E-state index contributed by atoms with van der Waals surface area (Å²) in [6, 6.07) is 0. The molecule has 0 N–H and O–H groups in total. The third-order valence-electron chi connectivity index (χ3n) is 10.7. The Morgan fingerprint density at radius 2 is 0.821 bits per heavy atom. The number of unbranched alkanes of at least 4 members (excludes halogenated alkanes) is 2. The van der Waals surface area contributed by atoms with Crippen LogP contribution in [-0.2, 0) is 0 Å². The molecule has 0 heterocycles. The molecule has 2 bridgehead atoms. The minimum Gasteiger partial charge on any atom is -0.0654 e. The molecule has 5 aliphatic rings. The smallest absolute Gasteiger partial charge is 0.0269 e. The fraction of sp³-hybridized carbons (Fsp3) is 1.00. The SMILES string of the molecule is CCCCC1CCC(C23CCC([C@H]4CC[C@H](CCCC)CC4)(CC2)CC3)CC1. The highest BCUT2D eigenvalue weighted by Gasteiger charge is 2.54. The first-order valence-corrected chi connectivity index (χ1v) is 13.7. The van der Waals surface area contributed by atoms with Crippen molar-refractivity contribution in [2.24, 2.45) is 34.5 Å². The maximum Gasteiger partial charge on any atom is -0.0269 e. The minimum atomic E-state index is 0.801. The van der Waals surface area contributed by atoms with Crippen molar-refractivity contribution in [2.45, 2.75) is 142 Å². The van der Waals surface area contributed by atoms with E-state index in [-0.39, 0.29) is 0 Å². The van der Waals surface area contributed by atoms with Crippen LogP contribution in [0.25, 0.3) is 0 Å². The first kappa shape index (κ1) is 21.2. The van der Waals surface area contributed by atoms with Gasteiger partial charge < -0.3 is 0 Å². The molecule has 5 fully saturated rings. The van der Waals surface area contributed by atoms with E-state index in [0.717, 1.165) is 34.5 Å². The van der Waals surface area contributed by atoms with Gasteiger partial charge in [0.2, 0.25) is 0 Å². The van der Waals surface area contributed by atoms with Gasteiger partial charge in [-0.05, 0) is 98.7 Å². The van der Waals surface area contributed by atoms with E-state index < -0.39 is 0 Å². The van der Waals surface area contributed by atoms with Crippen molar-refractivity contribution in [3.05, 3.63) is 0 Å². The molecule has 28 heavy (non-hydrogen) atoms. The van der Waals surface area contributed by atoms with Gasteiger partial charge in [-0.2, -0.15) is 0 Å². The highest BCUT2D eigenvalue weighted by molar-refractivity contribution is 5.05. The van der Waals surface area contributed by atoms with Gasteiger partial charge in [0.25, 0.3) is 0 Å². The summed E-state index contributed by atoms with van der Waals surface area (Å²) >= 11 is 0. The van der Waals surface area contributed by atoms with E-state index in [4.69, 9.17) is 0 Å². The summed E-state index contributed by atoms with van der Waals surface area (Å²) in [5.74, 6) is 4.38. The van der Waals surface area contributed by atoms with Gasteiger partial charge in [0.05, 0.1) is 0 Å². The zero-order chi connectivity index (χ0) is 19.5. The molecule has 0 radical (unpaired) electrons. The molecule has 5 aliphatic carbocycles. The molecule has 0 unspecified atom stereocenters. The van der Waals surface area contributed by atoms with Crippen LogP contribution in [0.1, 0.15) is 142 Å². The Labute approximate surface area is 177 Å². The molecule has 5 rings (SSSR count). The van der Waals surface area contributed by atoms with Crippen LogP contribution < -0.4 is 0 Å². The Bertz CT molecular complexity index is 392. The fourth-order valence-corrected chi connectivity index (χ4v) is 8.58. The Morgan fingerprint density at radius 3 is 1.11 bits per heavy atom. The predicted octanol–water partition coefficient (Wildman–Crippen LogP) is 9.32. The fourth-order valence-electron chi connectivity index (χ4n) is 8.58. The normalized spacial score (nSPS) is 43.9. The summed E-state index contributed by atoms with van der Waals surface area (Å²) < 4.78 is 0. The molecule has 0 aliphatic heterocycles. The van der Waals surface area contributed by atoms with Gasteiger partial charge in [0.15, 0.2) is 0 Å². The average molecular weight is 387 g/mol. The summed E-state index contributed by atoms with van der Waals surface area (Å²) in [5.41, 5.74) is 1.60. The summed E-state index contributed by atoms with van der Waals surface area (Å²) in [5, 5.41) is 0. The molecule has 0 aromatic heterocycles. The number of rotatable bonds is 8. The summed E-state index contributed by atoms with van der Waals surface area (Å²) in [7, 11) is 0. The Kier molecular flexibility index (Phi) is 7.15. The number of hydrogen-bond donors (Lipinski definition) is 0. The van der Waals surface area contributed by atoms with Crippen LogP contribution in [-0.4, -0.2) is 0 Å². The highest BCUT2D eigenvalue weighted by atomic mass is 14.6. The van der Waals surface area contributed by atoms with Crippen LogP contribution in [0, 0.1) is 34.5 Å². The third kappa shape index (κ3) is 4.37. The Hall–Kier alpha value is 0. The second kappa shape index (κ2) is 9.43. The predicted molar refractivity (Wildman–Crippen MR) is 123 cm³/mol. The van der Waals surface area contributed by atoms with Crippen molar-refractivity contribution in [3.63, 3.8) is 0 Å². The van der Waals surface area contributed by atoms with Crippen molar-refractivity contribution in [1.29, 1.82) is 0 Å². The molecule has 0 atom stereocenters. The molecule has 0 heteroatoms. The second-order valence-electron chi connectivity index (χ2n) is 11.9. The number of hydrogen-bond acceptors (Lipinski definition) is 0. The minimum absolute atomic E-state index is 0.801. The summed E-state index contributed by atoms with van der Waals surface area (Å²) in [6.07, 6.45) is 31.1. The van der Waals surface area contributed by atoms with Crippen molar-refractivity contribution >= 4 is 0 Å². The van der Waals surface area contributed by atoms with E-state index in [1.54, 1.807) is 89.9 Å². The molecule has 162 valence electrons. The zero-order valence-electron chi connectivity index (χ0n) is 19.5. The molecule has 0 spiro atoms. The van der Waals surface area contributed by atoms with E-state index in [9.17, 15) is 0 Å². The van der Waals surface area contributed by atoms with Gasteiger partial charge in [0, 0.05) is 0 Å². The van der Waals surface area contributed by atoms with Crippen LogP contribution in [0.5, 0.6) is 0 Å². The van der Waals surface area contributed by atoms with E-state index in [0.29, 0.717) is 0 Å². The molecule has 0 nitrogen and oxygen atoms in total. The summed E-state index contributed by atoms with van der Waals surface area (Å²) in [4.78, 5) is 0. The molecule has 0 aromatic rings. The molecule has 0 amide bonds. The first-order chi connectivity index (χ1) is 13.7. The van der Waals surface area contributed by atoms with Crippen LogP contribution in [0.15, 0.2) is 0 Å². The lowest BCUT2D eigenvalue weighted by atomic mass is 9.45. The standard InChI is InChI=1S/C28H50/c1-3-5-7-23-9-13-25(14-10-23)27-17-20-28(21-18-27,22-19-27)26-15-11-24(12-16-26)8-6-4-2/h23-26H,3-22H2,1-2H3/t23-,24?,25-,26?,27?,28?. The highest BCUT2D eigenvalue weighted by Crippen LogP contribution is 2.66. The van der Waals surface area contributed by atoms with Crippen molar-refractivity contribution in [2.75, 3.05) is 0 Å². The quantitative estimate of drug-likeness (QED) is 0.390. The van der Waals surface area contributed by atoms with Crippen molar-refractivity contribution in [3.8, 4) is 0 Å². The average Bonchev–Trinajstić information content (AvgIpc) is 2.78. The molecular formula is C28H50. The van der Waals surface area contributed by atoms with Gasteiger partial charge in [-0.15, -0.1) is 0 Å². The lowest BCUT2D eigenvalue weighted by Crippen LogP contribution is -2.49. The zero-order valence-corrected chi connectivity index (χ0v) is 19.5. The lowest BCUT2D eigenvalue weighted by Gasteiger charge is -2.60. The van der Waals surface area contributed by atoms with E-state index in [1.807, 2.05) is 0 Å².